The number of hydrogen-bond acceptors (Lipinski definition) is 4. The van der Waals surface area contributed by atoms with Gasteiger partial charge in [-0.15, -0.1) is 11.3 Å². The summed E-state index contributed by atoms with van der Waals surface area (Å²) in [6.07, 6.45) is 1.82. The van der Waals surface area contributed by atoms with Crippen LogP contribution in [0.1, 0.15) is 23.5 Å². The molecule has 0 spiro atoms. The summed E-state index contributed by atoms with van der Waals surface area (Å²) in [5, 5.41) is 6.52. The molecule has 1 aromatic heterocycles. The summed E-state index contributed by atoms with van der Waals surface area (Å²) >= 11 is 5.12. The Morgan fingerprint density at radius 1 is 1.44 bits per heavy atom. The molecule has 0 fully saturated rings. The number of ether oxygens (including phenoxy) is 1. The summed E-state index contributed by atoms with van der Waals surface area (Å²) in [5.41, 5.74) is 2.16. The van der Waals surface area contributed by atoms with Crippen LogP contribution in [0.25, 0.3) is 0 Å². The maximum Gasteiger partial charge on any atom is 0.143 e. The highest BCUT2D eigenvalue weighted by Gasteiger charge is 2.13. The second-order valence-corrected chi connectivity index (χ2v) is 5.88. The summed E-state index contributed by atoms with van der Waals surface area (Å²) in [6, 6.07) is 4.20. The second-order valence-electron chi connectivity index (χ2n) is 4.04. The topological polar surface area (TPSA) is 34.1 Å². The largest absolute Gasteiger partial charge is 0.495 e. The molecule has 1 unspecified atom stereocenters. The van der Waals surface area contributed by atoms with Crippen LogP contribution in [0.5, 0.6) is 5.75 Å². The summed E-state index contributed by atoms with van der Waals surface area (Å²) in [4.78, 5) is 4.32. The molecule has 0 aliphatic heterocycles. The zero-order chi connectivity index (χ0) is 13.1. The molecule has 0 saturated carbocycles. The molecule has 0 amide bonds. The van der Waals surface area contributed by atoms with Crippen molar-refractivity contribution in [3.05, 3.63) is 38.8 Å². The molecule has 0 aliphatic rings. The van der Waals surface area contributed by atoms with Gasteiger partial charge >= 0.3 is 0 Å². The zero-order valence-corrected chi connectivity index (χ0v) is 12.9. The van der Waals surface area contributed by atoms with Crippen molar-refractivity contribution in [1.82, 2.24) is 4.98 Å². The van der Waals surface area contributed by atoms with Crippen molar-refractivity contribution in [3.8, 4) is 5.75 Å². The highest BCUT2D eigenvalue weighted by Crippen LogP contribution is 2.34. The molecule has 1 atom stereocenters. The summed E-state index contributed by atoms with van der Waals surface area (Å²) in [6.45, 7) is 4.16. The van der Waals surface area contributed by atoms with E-state index in [-0.39, 0.29) is 6.04 Å². The molecule has 18 heavy (non-hydrogen) atoms. The number of aryl methyl sites for hydroxylation is 1. The first-order valence-corrected chi connectivity index (χ1v) is 7.29. The number of halogens is 1. The third-order valence-corrected chi connectivity index (χ3v) is 4.08. The minimum absolute atomic E-state index is 0.166. The molecule has 0 saturated heterocycles. The van der Waals surface area contributed by atoms with Gasteiger partial charge in [0, 0.05) is 16.0 Å². The van der Waals surface area contributed by atoms with Crippen LogP contribution in [-0.4, -0.2) is 12.1 Å². The van der Waals surface area contributed by atoms with Crippen LogP contribution in [0.4, 0.5) is 5.69 Å². The first-order valence-electron chi connectivity index (χ1n) is 5.62. The Kier molecular flexibility index (Phi) is 4.24. The maximum absolute atomic E-state index is 5.42. The SMILES string of the molecule is COc1cc(Br)cc(C)c1NC(C)c1nccs1. The number of methoxy groups -OCH3 is 1. The average molecular weight is 327 g/mol. The Labute approximate surface area is 119 Å². The number of nitrogens with zero attached hydrogens (tertiary/aromatic N) is 1. The third-order valence-electron chi connectivity index (χ3n) is 2.67. The van der Waals surface area contributed by atoms with E-state index in [0.29, 0.717) is 0 Å². The number of rotatable bonds is 4. The van der Waals surface area contributed by atoms with Gasteiger partial charge in [0.2, 0.25) is 0 Å². The van der Waals surface area contributed by atoms with E-state index < -0.39 is 0 Å². The molecule has 0 bridgehead atoms. The van der Waals surface area contributed by atoms with E-state index in [1.807, 2.05) is 17.6 Å². The smallest absolute Gasteiger partial charge is 0.143 e. The standard InChI is InChI=1S/C13H15BrN2OS/c1-8-6-10(14)7-11(17-3)12(8)16-9(2)13-15-4-5-18-13/h4-7,9,16H,1-3H3. The average Bonchev–Trinajstić information content (AvgIpc) is 2.85. The lowest BCUT2D eigenvalue weighted by Crippen LogP contribution is -2.08. The van der Waals surface area contributed by atoms with Gasteiger partial charge in [-0.3, -0.25) is 0 Å². The number of nitrogens with one attached hydrogen (secondary N) is 1. The van der Waals surface area contributed by atoms with Crippen LogP contribution in [0.2, 0.25) is 0 Å². The van der Waals surface area contributed by atoms with Crippen molar-refractivity contribution in [2.75, 3.05) is 12.4 Å². The van der Waals surface area contributed by atoms with Crippen molar-refractivity contribution in [2.45, 2.75) is 19.9 Å². The first kappa shape index (κ1) is 13.4. The lowest BCUT2D eigenvalue weighted by Gasteiger charge is -2.18. The van der Waals surface area contributed by atoms with E-state index in [1.54, 1.807) is 18.4 Å². The lowest BCUT2D eigenvalue weighted by atomic mass is 10.1. The molecule has 1 heterocycles. The lowest BCUT2D eigenvalue weighted by molar-refractivity contribution is 0.415. The van der Waals surface area contributed by atoms with E-state index in [0.717, 1.165) is 26.5 Å². The van der Waals surface area contributed by atoms with Gasteiger partial charge in [0.25, 0.3) is 0 Å². The second kappa shape index (κ2) is 5.71. The number of thiazole rings is 1. The molecule has 0 radical (unpaired) electrons. The Balaban J connectivity index is 2.28. The molecule has 0 aliphatic carbocycles. The fourth-order valence-corrected chi connectivity index (χ4v) is 2.98. The van der Waals surface area contributed by atoms with Gasteiger partial charge in [0.15, 0.2) is 0 Å². The van der Waals surface area contributed by atoms with E-state index in [2.05, 4.69) is 46.1 Å². The summed E-state index contributed by atoms with van der Waals surface area (Å²) in [7, 11) is 1.68. The molecule has 2 aromatic rings. The minimum atomic E-state index is 0.166. The fourth-order valence-electron chi connectivity index (χ4n) is 1.78. The van der Waals surface area contributed by atoms with E-state index >= 15 is 0 Å². The molecule has 3 nitrogen and oxygen atoms in total. The molecule has 2 rings (SSSR count). The Bertz CT molecular complexity index is 528. The predicted octanol–water partition coefficient (Wildman–Crippen LogP) is 4.40. The highest BCUT2D eigenvalue weighted by molar-refractivity contribution is 9.10. The van der Waals surface area contributed by atoms with Crippen LogP contribution in [-0.2, 0) is 0 Å². The van der Waals surface area contributed by atoms with Gasteiger partial charge in [-0.25, -0.2) is 4.98 Å². The third kappa shape index (κ3) is 2.84. The van der Waals surface area contributed by atoms with Crippen molar-refractivity contribution in [3.63, 3.8) is 0 Å². The Morgan fingerprint density at radius 3 is 2.83 bits per heavy atom. The minimum Gasteiger partial charge on any atom is -0.495 e. The normalized spacial score (nSPS) is 12.2. The van der Waals surface area contributed by atoms with Crippen molar-refractivity contribution < 1.29 is 4.74 Å². The van der Waals surface area contributed by atoms with Gasteiger partial charge in [-0.2, -0.15) is 0 Å². The van der Waals surface area contributed by atoms with E-state index in [9.17, 15) is 0 Å². The highest BCUT2D eigenvalue weighted by atomic mass is 79.9. The summed E-state index contributed by atoms with van der Waals surface area (Å²) < 4.78 is 6.43. The Morgan fingerprint density at radius 2 is 2.22 bits per heavy atom. The van der Waals surface area contributed by atoms with Crippen LogP contribution >= 0.6 is 27.3 Å². The predicted molar refractivity (Wildman–Crippen MR) is 79.6 cm³/mol. The number of aromatic nitrogens is 1. The van der Waals surface area contributed by atoms with Crippen LogP contribution in [0.3, 0.4) is 0 Å². The number of hydrogen-bond donors (Lipinski definition) is 1. The molecular weight excluding hydrogens is 312 g/mol. The quantitative estimate of drug-likeness (QED) is 0.904. The van der Waals surface area contributed by atoms with Gasteiger partial charge in [0.05, 0.1) is 18.8 Å². The first-order chi connectivity index (χ1) is 8.61. The van der Waals surface area contributed by atoms with Crippen molar-refractivity contribution >= 4 is 33.0 Å². The van der Waals surface area contributed by atoms with Crippen LogP contribution in [0.15, 0.2) is 28.2 Å². The van der Waals surface area contributed by atoms with E-state index in [4.69, 9.17) is 4.74 Å². The monoisotopic (exact) mass is 326 g/mol. The van der Waals surface area contributed by atoms with Gasteiger partial charge in [-0.1, -0.05) is 15.9 Å². The van der Waals surface area contributed by atoms with Gasteiger partial charge < -0.3 is 10.1 Å². The zero-order valence-electron chi connectivity index (χ0n) is 10.5. The maximum atomic E-state index is 5.42. The summed E-state index contributed by atoms with van der Waals surface area (Å²) in [5.74, 6) is 0.838. The molecule has 1 N–H and O–H groups in total. The van der Waals surface area contributed by atoms with Gasteiger partial charge in [0.1, 0.15) is 10.8 Å². The molecule has 5 heteroatoms. The molecular formula is C13H15BrN2OS. The van der Waals surface area contributed by atoms with Gasteiger partial charge in [-0.05, 0) is 31.5 Å². The van der Waals surface area contributed by atoms with Crippen LogP contribution in [0, 0.1) is 6.92 Å². The van der Waals surface area contributed by atoms with Crippen molar-refractivity contribution in [2.24, 2.45) is 0 Å². The number of anilines is 1. The number of benzene rings is 1. The van der Waals surface area contributed by atoms with Crippen LogP contribution < -0.4 is 10.1 Å². The van der Waals surface area contributed by atoms with Crippen molar-refractivity contribution in [1.29, 1.82) is 0 Å². The van der Waals surface area contributed by atoms with E-state index in [1.165, 1.54) is 0 Å². The molecule has 96 valence electrons. The molecule has 1 aromatic carbocycles. The fraction of sp³-hybridized carbons (Fsp3) is 0.308. The Hall–Kier alpha value is -1.07.